The fraction of sp³-hybridized carbons (Fsp3) is 0.385. The average molecular weight is 349 g/mol. The number of hydrogen-bond donors (Lipinski definition) is 2. The van der Waals surface area contributed by atoms with Crippen LogP contribution in [-0.2, 0) is 4.79 Å². The first-order chi connectivity index (χ1) is 8.82. The molecule has 1 rings (SSSR count). The van der Waals surface area contributed by atoms with Crippen LogP contribution < -0.4 is 5.32 Å². The van der Waals surface area contributed by atoms with Crippen molar-refractivity contribution < 1.29 is 14.7 Å². The van der Waals surface area contributed by atoms with Crippen molar-refractivity contribution in [1.29, 1.82) is 0 Å². The zero-order valence-corrected chi connectivity index (χ0v) is 13.0. The highest BCUT2D eigenvalue weighted by atomic mass is 79.9. The molecular weight excluding hydrogens is 334 g/mol. The maximum Gasteiger partial charge on any atom is 0.305 e. The monoisotopic (exact) mass is 347 g/mol. The smallest absolute Gasteiger partial charge is 0.305 e. The second kappa shape index (κ2) is 6.91. The number of carboxylic acids is 1. The highest BCUT2D eigenvalue weighted by molar-refractivity contribution is 9.10. The van der Waals surface area contributed by atoms with Crippen molar-refractivity contribution in [2.24, 2.45) is 5.92 Å². The molecule has 104 valence electrons. The lowest BCUT2D eigenvalue weighted by atomic mass is 10.0. The summed E-state index contributed by atoms with van der Waals surface area (Å²) in [4.78, 5) is 22.9. The zero-order valence-electron chi connectivity index (χ0n) is 10.6. The Kier molecular flexibility index (Phi) is 5.82. The van der Waals surface area contributed by atoms with Gasteiger partial charge in [-0.25, -0.2) is 0 Å². The van der Waals surface area contributed by atoms with E-state index in [9.17, 15) is 9.59 Å². The van der Waals surface area contributed by atoms with E-state index in [-0.39, 0.29) is 18.2 Å². The molecule has 0 saturated carbocycles. The van der Waals surface area contributed by atoms with Crippen LogP contribution in [0.1, 0.15) is 30.6 Å². The van der Waals surface area contributed by atoms with Gasteiger partial charge in [-0.3, -0.25) is 9.59 Å². The largest absolute Gasteiger partial charge is 0.481 e. The Labute approximate surface area is 125 Å². The maximum atomic E-state index is 12.1. The molecule has 0 spiro atoms. The molecule has 1 aromatic rings. The molecule has 1 aromatic carbocycles. The minimum absolute atomic E-state index is 0.0194. The van der Waals surface area contributed by atoms with Crippen molar-refractivity contribution in [3.05, 3.63) is 33.3 Å². The van der Waals surface area contributed by atoms with Crippen LogP contribution in [0.4, 0.5) is 0 Å². The third-order valence-electron chi connectivity index (χ3n) is 2.71. The molecular formula is C13H15BrClNO3. The Morgan fingerprint density at radius 1 is 1.42 bits per heavy atom. The average Bonchev–Trinajstić information content (AvgIpc) is 2.31. The van der Waals surface area contributed by atoms with Crippen molar-refractivity contribution in [3.8, 4) is 0 Å². The molecule has 0 bridgehead atoms. The maximum absolute atomic E-state index is 12.1. The van der Waals surface area contributed by atoms with E-state index in [0.29, 0.717) is 15.1 Å². The molecule has 4 nitrogen and oxygen atoms in total. The van der Waals surface area contributed by atoms with Crippen molar-refractivity contribution >= 4 is 39.4 Å². The first-order valence-corrected chi connectivity index (χ1v) is 6.96. The van der Waals surface area contributed by atoms with Gasteiger partial charge in [-0.1, -0.05) is 31.5 Å². The molecule has 1 unspecified atom stereocenters. The van der Waals surface area contributed by atoms with E-state index in [4.69, 9.17) is 16.7 Å². The van der Waals surface area contributed by atoms with E-state index in [1.807, 2.05) is 13.8 Å². The topological polar surface area (TPSA) is 66.4 Å². The molecule has 2 N–H and O–H groups in total. The molecule has 0 radical (unpaired) electrons. The number of carbonyl (C=O) groups excluding carboxylic acids is 1. The summed E-state index contributed by atoms with van der Waals surface area (Å²) < 4.78 is 0.626. The third kappa shape index (κ3) is 4.51. The lowest BCUT2D eigenvalue weighted by Gasteiger charge is -2.21. The molecule has 0 aromatic heterocycles. The van der Waals surface area contributed by atoms with Gasteiger partial charge in [-0.15, -0.1) is 0 Å². The molecule has 0 heterocycles. The minimum atomic E-state index is -0.945. The number of nitrogens with one attached hydrogen (secondary N) is 1. The number of carbonyl (C=O) groups is 2. The first kappa shape index (κ1) is 16.0. The molecule has 0 saturated heterocycles. The fourth-order valence-corrected chi connectivity index (χ4v) is 2.14. The number of amides is 1. The Morgan fingerprint density at radius 3 is 2.58 bits per heavy atom. The quantitative estimate of drug-likeness (QED) is 0.857. The highest BCUT2D eigenvalue weighted by Crippen LogP contribution is 2.26. The summed E-state index contributed by atoms with van der Waals surface area (Å²) in [7, 11) is 0. The predicted octanol–water partition coefficient (Wildman–Crippen LogP) is 3.33. The predicted molar refractivity (Wildman–Crippen MR) is 77.5 cm³/mol. The van der Waals surface area contributed by atoms with Gasteiger partial charge in [-0.2, -0.15) is 0 Å². The lowest BCUT2D eigenvalue weighted by Crippen LogP contribution is -2.40. The van der Waals surface area contributed by atoms with E-state index >= 15 is 0 Å². The summed E-state index contributed by atoms with van der Waals surface area (Å²) in [5, 5.41) is 11.9. The van der Waals surface area contributed by atoms with E-state index in [0.717, 1.165) is 0 Å². The molecule has 1 amide bonds. The summed E-state index contributed by atoms with van der Waals surface area (Å²) in [6.45, 7) is 3.72. The van der Waals surface area contributed by atoms with Gasteiger partial charge in [-0.05, 0) is 34.0 Å². The number of carboxylic acid groups (broad SMARTS) is 1. The second-order valence-electron chi connectivity index (χ2n) is 4.52. The normalized spacial score (nSPS) is 12.3. The van der Waals surface area contributed by atoms with Gasteiger partial charge in [0, 0.05) is 10.5 Å². The summed E-state index contributed by atoms with van der Waals surface area (Å²) in [5.74, 6) is -1.29. The number of rotatable bonds is 5. The molecule has 1 atom stereocenters. The first-order valence-electron chi connectivity index (χ1n) is 5.79. The van der Waals surface area contributed by atoms with Gasteiger partial charge in [0.25, 0.3) is 5.91 Å². The number of hydrogen-bond acceptors (Lipinski definition) is 2. The van der Waals surface area contributed by atoms with Crippen LogP contribution in [0.3, 0.4) is 0 Å². The fourth-order valence-electron chi connectivity index (χ4n) is 1.57. The zero-order chi connectivity index (χ0) is 14.6. The standard InChI is InChI=1S/C13H15BrClNO3/c1-7(2)10(6-11(17)18)16-13(19)8-4-3-5-9(14)12(8)15/h3-5,7,10H,6H2,1-2H3,(H,16,19)(H,17,18). The summed E-state index contributed by atoms with van der Waals surface area (Å²) in [6, 6.07) is 4.60. The second-order valence-corrected chi connectivity index (χ2v) is 5.76. The Hall–Kier alpha value is -1.07. The van der Waals surface area contributed by atoms with Gasteiger partial charge in [0.2, 0.25) is 0 Å². The van der Waals surface area contributed by atoms with Crippen molar-refractivity contribution in [1.82, 2.24) is 5.32 Å². The van der Waals surface area contributed by atoms with Gasteiger partial charge >= 0.3 is 5.97 Å². The van der Waals surface area contributed by atoms with Crippen LogP contribution in [0.5, 0.6) is 0 Å². The van der Waals surface area contributed by atoms with Crippen LogP contribution in [0.25, 0.3) is 0 Å². The summed E-state index contributed by atoms with van der Waals surface area (Å²) >= 11 is 9.28. The molecule has 0 aliphatic rings. The van der Waals surface area contributed by atoms with Crippen LogP contribution >= 0.6 is 27.5 Å². The van der Waals surface area contributed by atoms with E-state index < -0.39 is 12.0 Å². The molecule has 0 aliphatic carbocycles. The van der Waals surface area contributed by atoms with E-state index in [2.05, 4.69) is 21.2 Å². The number of benzene rings is 1. The van der Waals surface area contributed by atoms with Gasteiger partial charge in [0.15, 0.2) is 0 Å². The van der Waals surface area contributed by atoms with Crippen molar-refractivity contribution in [2.75, 3.05) is 0 Å². The summed E-state index contributed by atoms with van der Waals surface area (Å²) in [5.41, 5.74) is 0.326. The van der Waals surface area contributed by atoms with Crippen LogP contribution in [0, 0.1) is 5.92 Å². The molecule has 0 fully saturated rings. The lowest BCUT2D eigenvalue weighted by molar-refractivity contribution is -0.137. The minimum Gasteiger partial charge on any atom is -0.481 e. The number of aliphatic carboxylic acids is 1. The SMILES string of the molecule is CC(C)C(CC(=O)O)NC(=O)c1cccc(Br)c1Cl. The molecule has 19 heavy (non-hydrogen) atoms. The van der Waals surface area contributed by atoms with E-state index in [1.54, 1.807) is 18.2 Å². The third-order valence-corrected chi connectivity index (χ3v) is 4.01. The van der Waals surface area contributed by atoms with E-state index in [1.165, 1.54) is 0 Å². The Morgan fingerprint density at radius 2 is 2.05 bits per heavy atom. The van der Waals surface area contributed by atoms with Crippen molar-refractivity contribution in [3.63, 3.8) is 0 Å². The molecule has 0 aliphatic heterocycles. The van der Waals surface area contributed by atoms with Crippen LogP contribution in [-0.4, -0.2) is 23.0 Å². The Bertz CT molecular complexity index is 491. The Balaban J connectivity index is 2.88. The number of halogens is 2. The summed E-state index contributed by atoms with van der Waals surface area (Å²) in [6.07, 6.45) is -0.116. The van der Waals surface area contributed by atoms with Crippen LogP contribution in [0.15, 0.2) is 22.7 Å². The van der Waals surface area contributed by atoms with Crippen LogP contribution in [0.2, 0.25) is 5.02 Å². The van der Waals surface area contributed by atoms with Gasteiger partial charge < -0.3 is 10.4 Å². The van der Waals surface area contributed by atoms with Crippen molar-refractivity contribution in [2.45, 2.75) is 26.3 Å². The molecule has 6 heteroatoms. The highest BCUT2D eigenvalue weighted by Gasteiger charge is 2.21. The van der Waals surface area contributed by atoms with Gasteiger partial charge in [0.1, 0.15) is 0 Å². The van der Waals surface area contributed by atoms with Gasteiger partial charge in [0.05, 0.1) is 17.0 Å².